The van der Waals surface area contributed by atoms with Crippen LogP contribution in [0.15, 0.2) is 12.2 Å². The van der Waals surface area contributed by atoms with E-state index in [4.69, 9.17) is 4.74 Å². The molecule has 0 aromatic carbocycles. The molecule has 2 N–H and O–H groups in total. The van der Waals surface area contributed by atoms with Crippen LogP contribution in [0.25, 0.3) is 0 Å². The van der Waals surface area contributed by atoms with E-state index >= 15 is 0 Å². The molecule has 0 radical (unpaired) electrons. The van der Waals surface area contributed by atoms with Crippen LogP contribution in [-0.4, -0.2) is 77.4 Å². The Morgan fingerprint density at radius 1 is 0.793 bits per heavy atom. The molecule has 0 aliphatic rings. The molecule has 0 aromatic rings. The number of esters is 2. The van der Waals surface area contributed by atoms with Crippen molar-refractivity contribution in [2.24, 2.45) is 0 Å². The smallest absolute Gasteiger partial charge is 0.312 e. The van der Waals surface area contributed by atoms with E-state index in [1.165, 1.54) is 0 Å². The van der Waals surface area contributed by atoms with Crippen LogP contribution in [0, 0.1) is 0 Å². The van der Waals surface area contributed by atoms with Crippen LogP contribution in [0.4, 0.5) is 0 Å². The number of rotatable bonds is 12. The van der Waals surface area contributed by atoms with Crippen LogP contribution in [0.5, 0.6) is 0 Å². The average Bonchev–Trinajstić information content (AvgIpc) is 2.61. The van der Waals surface area contributed by atoms with E-state index in [1.54, 1.807) is 41.2 Å². The van der Waals surface area contributed by atoms with Crippen LogP contribution >= 0.6 is 0 Å². The summed E-state index contributed by atoms with van der Waals surface area (Å²) < 4.78 is 9.47. The van der Waals surface area contributed by atoms with Crippen LogP contribution in [0.3, 0.4) is 0 Å². The van der Waals surface area contributed by atoms with Gasteiger partial charge in [-0.3, -0.25) is 9.59 Å². The van der Waals surface area contributed by atoms with Gasteiger partial charge < -0.3 is 39.1 Å². The standard InChI is InChI=1S/C11H19NO4.C8H15NO4/c1-4-5-6-7-16-10(13)8-9(11(14)15)12(2)3;1-4-13-7(10)5-6(8(11)12)9(2)3/h5-6,9H,4,7-8H2,1-3H3,(H,14,15);6H,4-5H2,1-3H3,(H,11,12)/b6-5+;. The molecule has 0 aliphatic carbocycles. The van der Waals surface area contributed by atoms with E-state index in [0.29, 0.717) is 9.80 Å². The van der Waals surface area contributed by atoms with Gasteiger partial charge in [-0.2, -0.15) is 0 Å². The maximum absolute atomic E-state index is 11.3. The molecule has 29 heavy (non-hydrogen) atoms. The highest BCUT2D eigenvalue weighted by Crippen LogP contribution is 1.92. The summed E-state index contributed by atoms with van der Waals surface area (Å²) >= 11 is 0. The molecule has 0 bridgehead atoms. The lowest BCUT2D eigenvalue weighted by atomic mass is 10.2. The van der Waals surface area contributed by atoms with E-state index < -0.39 is 36.0 Å². The van der Waals surface area contributed by atoms with E-state index in [1.807, 2.05) is 13.0 Å². The molecule has 2 unspecified atom stereocenters. The third kappa shape index (κ3) is 15.2. The summed E-state index contributed by atoms with van der Waals surface area (Å²) in [6, 6.07) is -1.69. The van der Waals surface area contributed by atoms with Crippen molar-refractivity contribution in [3.63, 3.8) is 0 Å². The SMILES string of the molecule is CC/C=C/COC(=O)CC(C(=O)[O-])[NH+](C)C.CCOC(=O)CC(C(=O)[O-])[NH+](C)C. The second-order valence-corrected chi connectivity index (χ2v) is 6.67. The van der Waals surface area contributed by atoms with E-state index in [2.05, 4.69) is 4.74 Å². The van der Waals surface area contributed by atoms with Crippen molar-refractivity contribution in [2.75, 3.05) is 41.4 Å². The molecule has 2 atom stereocenters. The number of aliphatic carboxylic acids is 2. The fraction of sp³-hybridized carbons (Fsp3) is 0.684. The lowest BCUT2D eigenvalue weighted by Gasteiger charge is -2.20. The molecule has 0 fully saturated rings. The lowest BCUT2D eigenvalue weighted by Crippen LogP contribution is -3.12. The number of hydrogen-bond donors (Lipinski definition) is 2. The molecular weight excluding hydrogens is 384 g/mol. The van der Waals surface area contributed by atoms with Crippen molar-refractivity contribution in [2.45, 2.75) is 45.2 Å². The number of nitrogens with one attached hydrogen (secondary N) is 2. The van der Waals surface area contributed by atoms with Crippen LogP contribution in [0.1, 0.15) is 33.1 Å². The largest absolute Gasteiger partial charge is 0.544 e. The Morgan fingerprint density at radius 3 is 1.52 bits per heavy atom. The van der Waals surface area contributed by atoms with Gasteiger partial charge in [0, 0.05) is 0 Å². The minimum atomic E-state index is -1.24. The number of hydrogen-bond acceptors (Lipinski definition) is 8. The Kier molecular flexibility index (Phi) is 16.3. The minimum absolute atomic E-state index is 0.140. The summed E-state index contributed by atoms with van der Waals surface area (Å²) in [5.41, 5.74) is 0. The summed E-state index contributed by atoms with van der Waals surface area (Å²) in [6.07, 6.45) is 4.18. The number of carboxylic acid groups (broad SMARTS) is 2. The number of quaternary nitrogens is 2. The molecule has 0 aliphatic heterocycles. The summed E-state index contributed by atoms with van der Waals surface area (Å²) in [4.78, 5) is 44.7. The molecule has 0 rings (SSSR count). The van der Waals surface area contributed by atoms with E-state index in [0.717, 1.165) is 6.42 Å². The van der Waals surface area contributed by atoms with Crippen molar-refractivity contribution in [3.8, 4) is 0 Å². The summed E-state index contributed by atoms with van der Waals surface area (Å²) in [5.74, 6) is -3.48. The highest BCUT2D eigenvalue weighted by atomic mass is 16.5. The molecule has 10 nitrogen and oxygen atoms in total. The predicted molar refractivity (Wildman–Crippen MR) is 99.5 cm³/mol. The third-order valence-corrected chi connectivity index (χ3v) is 3.75. The quantitative estimate of drug-likeness (QED) is 0.238. The number of ether oxygens (including phenoxy) is 2. The summed E-state index contributed by atoms with van der Waals surface area (Å²) in [5, 5.41) is 21.2. The van der Waals surface area contributed by atoms with Gasteiger partial charge in [0.05, 0.1) is 46.7 Å². The summed E-state index contributed by atoms with van der Waals surface area (Å²) in [7, 11) is 6.62. The number of carboxylic acids is 2. The second-order valence-electron chi connectivity index (χ2n) is 6.67. The Hall–Kier alpha value is -2.46. The fourth-order valence-corrected chi connectivity index (χ4v) is 2.03. The monoisotopic (exact) mass is 418 g/mol. The molecule has 0 saturated heterocycles. The first-order valence-electron chi connectivity index (χ1n) is 9.45. The first-order valence-corrected chi connectivity index (χ1v) is 9.45. The van der Waals surface area contributed by atoms with E-state index in [9.17, 15) is 29.4 Å². The second kappa shape index (κ2) is 16.5. The third-order valence-electron chi connectivity index (χ3n) is 3.75. The lowest BCUT2D eigenvalue weighted by molar-refractivity contribution is -0.878. The van der Waals surface area contributed by atoms with Crippen LogP contribution in [-0.2, 0) is 28.7 Å². The van der Waals surface area contributed by atoms with Gasteiger partial charge in [-0.1, -0.05) is 19.1 Å². The average molecular weight is 418 g/mol. The van der Waals surface area contributed by atoms with E-state index in [-0.39, 0.29) is 26.1 Å². The van der Waals surface area contributed by atoms with Gasteiger partial charge >= 0.3 is 11.9 Å². The zero-order valence-corrected chi connectivity index (χ0v) is 18.1. The van der Waals surface area contributed by atoms with Gasteiger partial charge in [0.2, 0.25) is 0 Å². The number of carbonyl (C=O) groups is 4. The highest BCUT2D eigenvalue weighted by molar-refractivity contribution is 5.79. The van der Waals surface area contributed by atoms with Crippen LogP contribution in [0.2, 0.25) is 0 Å². The van der Waals surface area contributed by atoms with Crippen LogP contribution < -0.4 is 20.0 Å². The molecule has 0 heterocycles. The molecule has 0 saturated carbocycles. The molecule has 0 amide bonds. The normalized spacial score (nSPS) is 12.8. The zero-order chi connectivity index (χ0) is 23.0. The van der Waals surface area contributed by atoms with Gasteiger partial charge in [-0.15, -0.1) is 0 Å². The predicted octanol–water partition coefficient (Wildman–Crippen LogP) is -4.65. The van der Waals surface area contributed by atoms with Crippen molar-refractivity contribution in [3.05, 3.63) is 12.2 Å². The first-order chi connectivity index (χ1) is 13.5. The highest BCUT2D eigenvalue weighted by Gasteiger charge is 2.22. The Labute approximate surface area is 172 Å². The minimum Gasteiger partial charge on any atom is -0.544 e. The molecule has 10 heteroatoms. The topological polar surface area (TPSA) is 142 Å². The molecule has 0 spiro atoms. The Balaban J connectivity index is 0. The maximum Gasteiger partial charge on any atom is 0.312 e. The molecule has 168 valence electrons. The van der Waals surface area contributed by atoms with Gasteiger partial charge in [-0.25, -0.2) is 0 Å². The first kappa shape index (κ1) is 28.7. The van der Waals surface area contributed by atoms with Gasteiger partial charge in [0.25, 0.3) is 0 Å². The number of likely N-dealkylation sites (N-methyl/N-ethyl adjacent to an activating group) is 2. The summed E-state index contributed by atoms with van der Waals surface area (Å²) in [6.45, 7) is 4.10. The van der Waals surface area contributed by atoms with Gasteiger partial charge in [-0.05, 0) is 13.3 Å². The van der Waals surface area contributed by atoms with Gasteiger partial charge in [0.15, 0.2) is 0 Å². The maximum atomic E-state index is 11.3. The van der Waals surface area contributed by atoms with Crippen molar-refractivity contribution in [1.29, 1.82) is 0 Å². The fourth-order valence-electron chi connectivity index (χ4n) is 2.03. The van der Waals surface area contributed by atoms with Gasteiger partial charge in [0.1, 0.15) is 31.5 Å². The zero-order valence-electron chi connectivity index (χ0n) is 18.1. The number of carbonyl (C=O) groups excluding carboxylic acids is 4. The Morgan fingerprint density at radius 2 is 1.21 bits per heavy atom. The number of allylic oxidation sites excluding steroid dienone is 1. The Bertz CT molecular complexity index is 546. The molecular formula is C19H34N2O8. The van der Waals surface area contributed by atoms with Crippen molar-refractivity contribution >= 4 is 23.9 Å². The molecule has 0 aromatic heterocycles. The van der Waals surface area contributed by atoms with Crippen molar-refractivity contribution in [1.82, 2.24) is 0 Å². The van der Waals surface area contributed by atoms with Crippen molar-refractivity contribution < 1.29 is 48.7 Å².